The van der Waals surface area contributed by atoms with Crippen molar-refractivity contribution in [1.82, 2.24) is 4.90 Å². The lowest BCUT2D eigenvalue weighted by Gasteiger charge is -2.15. The van der Waals surface area contributed by atoms with Gasteiger partial charge in [-0.3, -0.25) is 4.79 Å². The van der Waals surface area contributed by atoms with Crippen LogP contribution in [0.15, 0.2) is 10.5 Å². The van der Waals surface area contributed by atoms with Gasteiger partial charge in [0.25, 0.3) is 5.91 Å². The molecule has 0 aliphatic carbocycles. The molecule has 1 atom stereocenters. The van der Waals surface area contributed by atoms with E-state index in [0.29, 0.717) is 5.25 Å². The van der Waals surface area contributed by atoms with Crippen molar-refractivity contribution in [1.29, 1.82) is 0 Å². The summed E-state index contributed by atoms with van der Waals surface area (Å²) in [7, 11) is 0. The summed E-state index contributed by atoms with van der Waals surface area (Å²) < 4.78 is 5.40. The maximum Gasteiger partial charge on any atom is 0.257 e. The Morgan fingerprint density at radius 1 is 1.56 bits per heavy atom. The minimum atomic E-state index is 0.117. The molecule has 1 saturated heterocycles. The zero-order valence-corrected chi connectivity index (χ0v) is 10.8. The predicted octanol–water partition coefficient (Wildman–Crippen LogP) is 2.47. The van der Waals surface area contributed by atoms with E-state index < -0.39 is 0 Å². The highest BCUT2D eigenvalue weighted by Crippen LogP contribution is 2.23. The molecule has 0 bridgehead atoms. The molecule has 2 heterocycles. The van der Waals surface area contributed by atoms with Crippen molar-refractivity contribution in [3.8, 4) is 0 Å². The molecule has 1 fully saturated rings. The second kappa shape index (κ2) is 4.53. The fourth-order valence-electron chi connectivity index (χ4n) is 2.12. The molecule has 1 aromatic heterocycles. The fraction of sp³-hybridized carbons (Fsp3) is 0.583. The lowest BCUT2D eigenvalue weighted by Crippen LogP contribution is -2.29. The molecule has 1 aliphatic rings. The van der Waals surface area contributed by atoms with Crippen molar-refractivity contribution in [3.63, 3.8) is 0 Å². The van der Waals surface area contributed by atoms with E-state index >= 15 is 0 Å². The standard InChI is InChI=1S/C12H17NO2S/c1-8-6-11(9(2)15-8)12(14)13-5-4-10(7-13)16-3/h6,10H,4-5,7H2,1-3H3/t10-/m1/s1. The van der Waals surface area contributed by atoms with E-state index in [9.17, 15) is 4.79 Å². The molecule has 0 spiro atoms. The number of hydrogen-bond acceptors (Lipinski definition) is 3. The van der Waals surface area contributed by atoms with E-state index in [1.807, 2.05) is 36.6 Å². The molecule has 4 heteroatoms. The van der Waals surface area contributed by atoms with E-state index in [2.05, 4.69) is 6.26 Å². The van der Waals surface area contributed by atoms with Crippen molar-refractivity contribution >= 4 is 17.7 Å². The Kier molecular flexibility index (Phi) is 3.28. The number of rotatable bonds is 2. The van der Waals surface area contributed by atoms with Gasteiger partial charge in [0.05, 0.1) is 5.56 Å². The van der Waals surface area contributed by atoms with E-state index in [1.54, 1.807) is 0 Å². The van der Waals surface area contributed by atoms with Gasteiger partial charge in [-0.05, 0) is 32.6 Å². The van der Waals surface area contributed by atoms with Gasteiger partial charge in [0.2, 0.25) is 0 Å². The first-order chi connectivity index (χ1) is 7.61. The van der Waals surface area contributed by atoms with E-state index in [1.165, 1.54) is 0 Å². The van der Waals surface area contributed by atoms with E-state index in [-0.39, 0.29) is 5.91 Å². The second-order valence-electron chi connectivity index (χ2n) is 4.22. The van der Waals surface area contributed by atoms with Crippen molar-refractivity contribution < 1.29 is 9.21 Å². The van der Waals surface area contributed by atoms with Crippen molar-refractivity contribution in [2.24, 2.45) is 0 Å². The predicted molar refractivity (Wildman–Crippen MR) is 66.0 cm³/mol. The first kappa shape index (κ1) is 11.6. The molecule has 0 radical (unpaired) electrons. The van der Waals surface area contributed by atoms with Crippen LogP contribution in [0.25, 0.3) is 0 Å². The molecular weight excluding hydrogens is 222 g/mol. The SMILES string of the molecule is CS[C@@H]1CCN(C(=O)c2cc(C)oc2C)C1. The fourth-order valence-corrected chi connectivity index (χ4v) is 2.79. The molecule has 2 rings (SSSR count). The first-order valence-electron chi connectivity index (χ1n) is 5.51. The molecule has 1 aliphatic heterocycles. The van der Waals surface area contributed by atoms with Crippen LogP contribution in [-0.2, 0) is 0 Å². The van der Waals surface area contributed by atoms with Crippen LogP contribution in [0.1, 0.15) is 28.3 Å². The smallest absolute Gasteiger partial charge is 0.257 e. The summed E-state index contributed by atoms with van der Waals surface area (Å²) in [4.78, 5) is 14.1. The van der Waals surface area contributed by atoms with Gasteiger partial charge in [-0.15, -0.1) is 0 Å². The summed E-state index contributed by atoms with van der Waals surface area (Å²) >= 11 is 1.84. The third-order valence-electron chi connectivity index (χ3n) is 3.04. The average molecular weight is 239 g/mol. The zero-order valence-electron chi connectivity index (χ0n) is 9.95. The minimum Gasteiger partial charge on any atom is -0.466 e. The van der Waals surface area contributed by atoms with E-state index in [4.69, 9.17) is 4.42 Å². The number of aryl methyl sites for hydroxylation is 2. The number of carbonyl (C=O) groups is 1. The monoisotopic (exact) mass is 239 g/mol. The molecule has 16 heavy (non-hydrogen) atoms. The normalized spacial score (nSPS) is 20.4. The number of furan rings is 1. The molecule has 0 saturated carbocycles. The number of thioether (sulfide) groups is 1. The molecular formula is C12H17NO2S. The Morgan fingerprint density at radius 2 is 2.31 bits per heavy atom. The lowest BCUT2D eigenvalue weighted by molar-refractivity contribution is 0.0791. The van der Waals surface area contributed by atoms with Crippen LogP contribution in [0, 0.1) is 13.8 Å². The largest absolute Gasteiger partial charge is 0.466 e. The minimum absolute atomic E-state index is 0.117. The Hall–Kier alpha value is -0.900. The van der Waals surface area contributed by atoms with Crippen molar-refractivity contribution in [2.75, 3.05) is 19.3 Å². The Labute approximate surface area is 100 Å². The first-order valence-corrected chi connectivity index (χ1v) is 6.79. The lowest BCUT2D eigenvalue weighted by atomic mass is 10.2. The van der Waals surface area contributed by atoms with Crippen molar-refractivity contribution in [2.45, 2.75) is 25.5 Å². The third kappa shape index (κ3) is 2.12. The number of nitrogens with zero attached hydrogens (tertiary/aromatic N) is 1. The number of amides is 1. The highest BCUT2D eigenvalue weighted by molar-refractivity contribution is 7.99. The summed E-state index contributed by atoms with van der Waals surface area (Å²) in [5.41, 5.74) is 0.722. The molecule has 88 valence electrons. The van der Waals surface area contributed by atoms with Crippen LogP contribution >= 0.6 is 11.8 Å². The molecule has 0 N–H and O–H groups in total. The van der Waals surface area contributed by atoms with Gasteiger partial charge in [-0.25, -0.2) is 0 Å². The summed E-state index contributed by atoms with van der Waals surface area (Å²) in [6.07, 6.45) is 3.20. The highest BCUT2D eigenvalue weighted by Gasteiger charge is 2.28. The van der Waals surface area contributed by atoms with Crippen LogP contribution in [0.2, 0.25) is 0 Å². The number of carbonyl (C=O) groups excluding carboxylic acids is 1. The number of hydrogen-bond donors (Lipinski definition) is 0. The maximum absolute atomic E-state index is 12.2. The van der Waals surface area contributed by atoms with Gasteiger partial charge in [-0.2, -0.15) is 11.8 Å². The Bertz CT molecular complexity index is 400. The molecule has 1 amide bonds. The average Bonchev–Trinajstić information content (AvgIpc) is 2.84. The topological polar surface area (TPSA) is 33.5 Å². The molecule has 0 aromatic carbocycles. The van der Waals surface area contributed by atoms with Gasteiger partial charge >= 0.3 is 0 Å². The van der Waals surface area contributed by atoms with Crippen LogP contribution < -0.4 is 0 Å². The van der Waals surface area contributed by atoms with Gasteiger partial charge in [-0.1, -0.05) is 0 Å². The summed E-state index contributed by atoms with van der Waals surface area (Å²) in [6.45, 7) is 5.46. The van der Waals surface area contributed by atoms with E-state index in [0.717, 1.165) is 36.6 Å². The van der Waals surface area contributed by atoms with Crippen molar-refractivity contribution in [3.05, 3.63) is 23.2 Å². The second-order valence-corrected chi connectivity index (χ2v) is 5.36. The van der Waals surface area contributed by atoms with Crippen LogP contribution in [0.3, 0.4) is 0 Å². The quantitative estimate of drug-likeness (QED) is 0.795. The van der Waals surface area contributed by atoms with Gasteiger partial charge in [0.15, 0.2) is 0 Å². The summed E-state index contributed by atoms with van der Waals surface area (Å²) in [5.74, 6) is 1.66. The molecule has 1 aromatic rings. The van der Waals surface area contributed by atoms with Gasteiger partial charge in [0, 0.05) is 18.3 Å². The summed E-state index contributed by atoms with van der Waals surface area (Å²) in [6, 6.07) is 1.84. The van der Waals surface area contributed by atoms with Crippen LogP contribution in [0.5, 0.6) is 0 Å². The van der Waals surface area contributed by atoms with Gasteiger partial charge < -0.3 is 9.32 Å². The van der Waals surface area contributed by atoms with Crippen LogP contribution in [-0.4, -0.2) is 35.4 Å². The third-order valence-corrected chi connectivity index (χ3v) is 4.09. The van der Waals surface area contributed by atoms with Gasteiger partial charge in [0.1, 0.15) is 11.5 Å². The highest BCUT2D eigenvalue weighted by atomic mass is 32.2. The molecule has 3 nitrogen and oxygen atoms in total. The Balaban J connectivity index is 2.11. The molecule has 0 unspecified atom stereocenters. The van der Waals surface area contributed by atoms with Crippen LogP contribution in [0.4, 0.5) is 0 Å². The Morgan fingerprint density at radius 3 is 2.81 bits per heavy atom. The zero-order chi connectivity index (χ0) is 11.7. The summed E-state index contributed by atoms with van der Waals surface area (Å²) in [5, 5.41) is 0.595. The number of likely N-dealkylation sites (tertiary alicyclic amines) is 1. The maximum atomic E-state index is 12.2.